The third kappa shape index (κ3) is 2.75. The Labute approximate surface area is 127 Å². The van der Waals surface area contributed by atoms with Gasteiger partial charge in [-0.25, -0.2) is 8.42 Å². The first kappa shape index (κ1) is 15.5. The number of carbonyl (C=O) groups excluding carboxylic acids is 1. The predicted octanol–water partition coefficient (Wildman–Crippen LogP) is 1.60. The maximum Gasteiger partial charge on any atom is 0.243 e. The van der Waals surface area contributed by atoms with Crippen LogP contribution >= 0.6 is 15.9 Å². The van der Waals surface area contributed by atoms with Crippen molar-refractivity contribution in [3.8, 4) is 0 Å². The van der Waals surface area contributed by atoms with Gasteiger partial charge in [0.1, 0.15) is 0 Å². The van der Waals surface area contributed by atoms with Crippen molar-refractivity contribution in [1.82, 2.24) is 9.62 Å². The largest absolute Gasteiger partial charge is 0.359 e. The highest BCUT2D eigenvalue weighted by Gasteiger charge is 2.44. The van der Waals surface area contributed by atoms with Crippen LogP contribution in [-0.2, 0) is 14.8 Å². The topological polar surface area (TPSA) is 66.5 Å². The third-order valence-corrected chi connectivity index (χ3v) is 5.98. The SMILES string of the molecule is CNC(=O)C1(C)CCN(S(=O)(=O)c2cccc(Br)c2)C1. The number of rotatable bonds is 3. The molecule has 1 aliphatic rings. The van der Waals surface area contributed by atoms with Crippen LogP contribution in [0.3, 0.4) is 0 Å². The first-order chi connectivity index (χ1) is 9.29. The molecule has 1 atom stereocenters. The summed E-state index contributed by atoms with van der Waals surface area (Å²) in [5, 5.41) is 2.60. The fourth-order valence-corrected chi connectivity index (χ4v) is 4.55. The number of carbonyl (C=O) groups is 1. The van der Waals surface area contributed by atoms with Gasteiger partial charge in [0.25, 0.3) is 0 Å². The Morgan fingerprint density at radius 3 is 2.75 bits per heavy atom. The Bertz CT molecular complexity index is 632. The minimum Gasteiger partial charge on any atom is -0.359 e. The minimum absolute atomic E-state index is 0.121. The molecule has 0 bridgehead atoms. The van der Waals surface area contributed by atoms with Gasteiger partial charge < -0.3 is 5.32 Å². The summed E-state index contributed by atoms with van der Waals surface area (Å²) in [5.74, 6) is -0.121. The zero-order chi connectivity index (χ0) is 15.0. The van der Waals surface area contributed by atoms with Crippen LogP contribution in [0.5, 0.6) is 0 Å². The molecule has 0 saturated carbocycles. The molecule has 1 aromatic carbocycles. The zero-order valence-corrected chi connectivity index (χ0v) is 13.8. The maximum atomic E-state index is 12.6. The molecule has 0 radical (unpaired) electrons. The molecule has 1 aromatic rings. The second-order valence-corrected chi connectivity index (χ2v) is 8.04. The Balaban J connectivity index is 2.27. The molecule has 110 valence electrons. The van der Waals surface area contributed by atoms with Gasteiger partial charge in [-0.2, -0.15) is 4.31 Å². The summed E-state index contributed by atoms with van der Waals surface area (Å²) in [4.78, 5) is 12.1. The number of halogens is 1. The van der Waals surface area contributed by atoms with E-state index in [0.717, 1.165) is 0 Å². The van der Waals surface area contributed by atoms with Gasteiger partial charge >= 0.3 is 0 Å². The van der Waals surface area contributed by atoms with Crippen molar-refractivity contribution in [3.05, 3.63) is 28.7 Å². The van der Waals surface area contributed by atoms with E-state index < -0.39 is 15.4 Å². The predicted molar refractivity (Wildman–Crippen MR) is 79.7 cm³/mol. The molecular weight excluding hydrogens is 344 g/mol. The van der Waals surface area contributed by atoms with E-state index in [9.17, 15) is 13.2 Å². The Morgan fingerprint density at radius 1 is 1.45 bits per heavy atom. The summed E-state index contributed by atoms with van der Waals surface area (Å²) in [7, 11) is -1.98. The second kappa shape index (κ2) is 5.46. The average molecular weight is 361 g/mol. The first-order valence-electron chi connectivity index (χ1n) is 6.27. The van der Waals surface area contributed by atoms with Crippen molar-refractivity contribution in [3.63, 3.8) is 0 Å². The molecule has 1 aliphatic heterocycles. The van der Waals surface area contributed by atoms with Gasteiger partial charge in [-0.05, 0) is 31.5 Å². The second-order valence-electron chi connectivity index (χ2n) is 5.19. The molecule has 20 heavy (non-hydrogen) atoms. The molecule has 1 amide bonds. The van der Waals surface area contributed by atoms with Crippen LogP contribution < -0.4 is 5.32 Å². The molecule has 1 N–H and O–H groups in total. The number of nitrogens with zero attached hydrogens (tertiary/aromatic N) is 1. The molecule has 7 heteroatoms. The summed E-state index contributed by atoms with van der Waals surface area (Å²) in [6.07, 6.45) is 0.528. The Hall–Kier alpha value is -0.920. The van der Waals surface area contributed by atoms with Gasteiger partial charge in [0.15, 0.2) is 0 Å². The number of benzene rings is 1. The van der Waals surface area contributed by atoms with Crippen molar-refractivity contribution in [2.75, 3.05) is 20.1 Å². The minimum atomic E-state index is -3.55. The highest BCUT2D eigenvalue weighted by atomic mass is 79.9. The van der Waals surface area contributed by atoms with Crippen LogP contribution in [0.2, 0.25) is 0 Å². The maximum absolute atomic E-state index is 12.6. The number of nitrogens with one attached hydrogen (secondary N) is 1. The molecule has 1 unspecified atom stereocenters. The molecule has 1 saturated heterocycles. The molecule has 1 fully saturated rings. The van der Waals surface area contributed by atoms with Crippen LogP contribution in [0.25, 0.3) is 0 Å². The van der Waals surface area contributed by atoms with E-state index in [2.05, 4.69) is 21.2 Å². The van der Waals surface area contributed by atoms with Crippen molar-refractivity contribution in [2.24, 2.45) is 5.41 Å². The third-order valence-electron chi connectivity index (χ3n) is 3.65. The lowest BCUT2D eigenvalue weighted by molar-refractivity contribution is -0.128. The van der Waals surface area contributed by atoms with E-state index in [1.807, 2.05) is 0 Å². The number of hydrogen-bond acceptors (Lipinski definition) is 3. The van der Waals surface area contributed by atoms with Gasteiger partial charge in [0, 0.05) is 24.6 Å². The molecular formula is C13H17BrN2O3S. The van der Waals surface area contributed by atoms with E-state index in [-0.39, 0.29) is 17.3 Å². The molecule has 0 spiro atoms. The highest BCUT2D eigenvalue weighted by Crippen LogP contribution is 2.34. The summed E-state index contributed by atoms with van der Waals surface area (Å²) in [6.45, 7) is 2.36. The van der Waals surface area contributed by atoms with Crippen LogP contribution in [0, 0.1) is 5.41 Å². The highest BCUT2D eigenvalue weighted by molar-refractivity contribution is 9.10. The van der Waals surface area contributed by atoms with Crippen molar-refractivity contribution in [1.29, 1.82) is 0 Å². The van der Waals surface area contributed by atoms with Gasteiger partial charge in [-0.1, -0.05) is 22.0 Å². The van der Waals surface area contributed by atoms with E-state index in [4.69, 9.17) is 0 Å². The smallest absolute Gasteiger partial charge is 0.243 e. The van der Waals surface area contributed by atoms with E-state index in [1.165, 1.54) is 4.31 Å². The Kier molecular flexibility index (Phi) is 4.22. The van der Waals surface area contributed by atoms with Gasteiger partial charge in [-0.15, -0.1) is 0 Å². The van der Waals surface area contributed by atoms with Crippen molar-refractivity contribution < 1.29 is 13.2 Å². The van der Waals surface area contributed by atoms with E-state index in [0.29, 0.717) is 17.4 Å². The van der Waals surface area contributed by atoms with E-state index in [1.54, 1.807) is 38.2 Å². The lowest BCUT2D eigenvalue weighted by atomic mass is 9.89. The lowest BCUT2D eigenvalue weighted by Gasteiger charge is -2.22. The zero-order valence-electron chi connectivity index (χ0n) is 11.4. The normalized spacial score (nSPS) is 23.8. The lowest BCUT2D eigenvalue weighted by Crippen LogP contribution is -2.40. The summed E-state index contributed by atoms with van der Waals surface area (Å²) in [5.41, 5.74) is -0.659. The van der Waals surface area contributed by atoms with Crippen LogP contribution in [-0.4, -0.2) is 38.8 Å². The average Bonchev–Trinajstić information content (AvgIpc) is 2.82. The summed E-state index contributed by atoms with van der Waals surface area (Å²) in [6, 6.07) is 6.60. The molecule has 5 nitrogen and oxygen atoms in total. The molecule has 0 aromatic heterocycles. The van der Waals surface area contributed by atoms with E-state index >= 15 is 0 Å². The van der Waals surface area contributed by atoms with Crippen LogP contribution in [0.15, 0.2) is 33.6 Å². The fraction of sp³-hybridized carbons (Fsp3) is 0.462. The van der Waals surface area contributed by atoms with Gasteiger partial charge in [0.05, 0.1) is 10.3 Å². The van der Waals surface area contributed by atoms with Gasteiger partial charge in [0.2, 0.25) is 15.9 Å². The van der Waals surface area contributed by atoms with Crippen molar-refractivity contribution in [2.45, 2.75) is 18.2 Å². The summed E-state index contributed by atoms with van der Waals surface area (Å²) < 4.78 is 27.2. The number of hydrogen-bond donors (Lipinski definition) is 1. The van der Waals surface area contributed by atoms with Gasteiger partial charge in [-0.3, -0.25) is 4.79 Å². The fourth-order valence-electron chi connectivity index (χ4n) is 2.39. The van der Waals surface area contributed by atoms with Crippen LogP contribution in [0.4, 0.5) is 0 Å². The number of sulfonamides is 1. The standard InChI is InChI=1S/C13H17BrN2O3S/c1-13(12(17)15-2)6-7-16(9-13)20(18,19)11-5-3-4-10(14)8-11/h3-5,8H,6-7,9H2,1-2H3,(H,15,17). The molecule has 0 aliphatic carbocycles. The number of amides is 1. The Morgan fingerprint density at radius 2 is 2.15 bits per heavy atom. The monoisotopic (exact) mass is 360 g/mol. The quantitative estimate of drug-likeness (QED) is 0.889. The van der Waals surface area contributed by atoms with Crippen molar-refractivity contribution >= 4 is 31.9 Å². The molecule has 2 rings (SSSR count). The van der Waals surface area contributed by atoms with Crippen LogP contribution in [0.1, 0.15) is 13.3 Å². The molecule has 1 heterocycles. The summed E-state index contributed by atoms with van der Waals surface area (Å²) >= 11 is 3.27. The first-order valence-corrected chi connectivity index (χ1v) is 8.51.